The number of hydrogen-bond donors (Lipinski definition) is 2. The van der Waals surface area contributed by atoms with Gasteiger partial charge < -0.3 is 15.4 Å². The zero-order valence-electron chi connectivity index (χ0n) is 12.3. The van der Waals surface area contributed by atoms with E-state index in [0.29, 0.717) is 12.2 Å². The molecule has 5 nitrogen and oxygen atoms in total. The third-order valence-corrected chi connectivity index (χ3v) is 8.09. The first-order valence-corrected chi connectivity index (χ1v) is 9.15. The van der Waals surface area contributed by atoms with Crippen molar-refractivity contribution in [2.24, 2.45) is 10.9 Å². The molecular weight excluding hydrogens is 258 g/mol. The second-order valence-corrected chi connectivity index (χ2v) is 10.9. The molecule has 0 atom stereocenters. The SMILES string of the molecule is CC(C)(C)[Si](C)(C)OCc1ccc(C(N)=NO)cn1. The van der Waals surface area contributed by atoms with Crippen LogP contribution >= 0.6 is 0 Å². The van der Waals surface area contributed by atoms with Crippen molar-refractivity contribution in [1.82, 2.24) is 4.98 Å². The van der Waals surface area contributed by atoms with E-state index in [1.807, 2.05) is 6.07 Å². The van der Waals surface area contributed by atoms with E-state index in [4.69, 9.17) is 15.4 Å². The maximum absolute atomic E-state index is 8.57. The Balaban J connectivity index is 2.70. The van der Waals surface area contributed by atoms with Crippen molar-refractivity contribution in [2.75, 3.05) is 0 Å². The van der Waals surface area contributed by atoms with E-state index >= 15 is 0 Å². The molecule has 0 amide bonds. The van der Waals surface area contributed by atoms with Gasteiger partial charge in [0.15, 0.2) is 14.2 Å². The second-order valence-electron chi connectivity index (χ2n) is 6.07. The molecule has 3 N–H and O–H groups in total. The maximum atomic E-state index is 8.57. The maximum Gasteiger partial charge on any atom is 0.192 e. The monoisotopic (exact) mass is 281 g/mol. The number of hydrogen-bond acceptors (Lipinski definition) is 4. The van der Waals surface area contributed by atoms with Gasteiger partial charge in [-0.25, -0.2) is 0 Å². The van der Waals surface area contributed by atoms with Crippen molar-refractivity contribution in [3.8, 4) is 0 Å². The second kappa shape index (κ2) is 5.71. The first-order chi connectivity index (χ1) is 8.67. The summed E-state index contributed by atoms with van der Waals surface area (Å²) in [6.07, 6.45) is 1.58. The van der Waals surface area contributed by atoms with E-state index in [2.05, 4.69) is 44.0 Å². The number of amidine groups is 1. The average molecular weight is 281 g/mol. The summed E-state index contributed by atoms with van der Waals surface area (Å²) in [6, 6.07) is 3.60. The van der Waals surface area contributed by atoms with E-state index in [-0.39, 0.29) is 10.9 Å². The highest BCUT2D eigenvalue weighted by molar-refractivity contribution is 6.74. The van der Waals surface area contributed by atoms with E-state index < -0.39 is 8.32 Å². The number of pyridine rings is 1. The molecule has 1 aromatic heterocycles. The molecule has 1 heterocycles. The van der Waals surface area contributed by atoms with Crippen LogP contribution in [0.25, 0.3) is 0 Å². The zero-order valence-corrected chi connectivity index (χ0v) is 13.3. The van der Waals surface area contributed by atoms with Crippen molar-refractivity contribution >= 4 is 14.2 Å². The summed E-state index contributed by atoms with van der Waals surface area (Å²) in [7, 11) is -1.76. The van der Waals surface area contributed by atoms with Crippen molar-refractivity contribution in [3.05, 3.63) is 29.6 Å². The van der Waals surface area contributed by atoms with Crippen LogP contribution in [-0.4, -0.2) is 24.3 Å². The highest BCUT2D eigenvalue weighted by Crippen LogP contribution is 2.36. The topological polar surface area (TPSA) is 80.7 Å². The number of aromatic nitrogens is 1. The minimum atomic E-state index is -1.76. The highest BCUT2D eigenvalue weighted by Gasteiger charge is 2.37. The van der Waals surface area contributed by atoms with Gasteiger partial charge in [-0.1, -0.05) is 25.9 Å². The molecule has 0 bridgehead atoms. The summed E-state index contributed by atoms with van der Waals surface area (Å²) in [5.41, 5.74) is 6.92. The lowest BCUT2D eigenvalue weighted by Crippen LogP contribution is -2.40. The molecule has 106 valence electrons. The van der Waals surface area contributed by atoms with Crippen molar-refractivity contribution in [1.29, 1.82) is 0 Å². The van der Waals surface area contributed by atoms with Crippen LogP contribution in [0.5, 0.6) is 0 Å². The van der Waals surface area contributed by atoms with Gasteiger partial charge in [0.2, 0.25) is 0 Å². The predicted molar refractivity (Wildman–Crippen MR) is 78.7 cm³/mol. The average Bonchev–Trinajstić information content (AvgIpc) is 2.35. The molecular formula is C13H23N3O2Si. The summed E-state index contributed by atoms with van der Waals surface area (Å²) in [5, 5.41) is 11.7. The van der Waals surface area contributed by atoms with Gasteiger partial charge in [-0.2, -0.15) is 0 Å². The van der Waals surface area contributed by atoms with Crippen LogP contribution in [0, 0.1) is 0 Å². The molecule has 0 radical (unpaired) electrons. The van der Waals surface area contributed by atoms with Crippen LogP contribution < -0.4 is 5.73 Å². The third kappa shape index (κ3) is 4.04. The Kier molecular flexibility index (Phi) is 4.70. The zero-order chi connectivity index (χ0) is 14.7. The van der Waals surface area contributed by atoms with Crippen molar-refractivity contribution in [3.63, 3.8) is 0 Å². The lowest BCUT2D eigenvalue weighted by atomic mass is 10.2. The lowest BCUT2D eigenvalue weighted by Gasteiger charge is -2.36. The van der Waals surface area contributed by atoms with Crippen LogP contribution in [0.2, 0.25) is 18.1 Å². The molecule has 0 fully saturated rings. The minimum Gasteiger partial charge on any atom is -0.411 e. The molecule has 1 aromatic rings. The Labute approximate surface area is 115 Å². The van der Waals surface area contributed by atoms with Gasteiger partial charge in [0, 0.05) is 11.8 Å². The van der Waals surface area contributed by atoms with Crippen molar-refractivity contribution in [2.45, 2.75) is 45.5 Å². The van der Waals surface area contributed by atoms with Gasteiger partial charge in [-0.05, 0) is 30.3 Å². The Morgan fingerprint density at radius 1 is 1.42 bits per heavy atom. The molecule has 0 spiro atoms. The van der Waals surface area contributed by atoms with Crippen LogP contribution in [0.3, 0.4) is 0 Å². The predicted octanol–water partition coefficient (Wildman–Crippen LogP) is 2.70. The molecule has 0 aliphatic carbocycles. The largest absolute Gasteiger partial charge is 0.411 e. The smallest absolute Gasteiger partial charge is 0.192 e. The van der Waals surface area contributed by atoms with E-state index in [0.717, 1.165) is 5.69 Å². The van der Waals surface area contributed by atoms with Gasteiger partial charge >= 0.3 is 0 Å². The summed E-state index contributed by atoms with van der Waals surface area (Å²) in [5.74, 6) is 0.0596. The quantitative estimate of drug-likeness (QED) is 0.292. The minimum absolute atomic E-state index is 0.0596. The van der Waals surface area contributed by atoms with Gasteiger partial charge in [0.1, 0.15) is 0 Å². The standard InChI is InChI=1S/C13H23N3O2Si/c1-13(2,3)19(4,5)18-9-11-7-6-10(8-15-11)12(14)16-17/h6-8,17H,9H2,1-5H3,(H2,14,16). The molecule has 6 heteroatoms. The van der Waals surface area contributed by atoms with Crippen LogP contribution in [0.15, 0.2) is 23.5 Å². The van der Waals surface area contributed by atoms with Gasteiger partial charge in [-0.15, -0.1) is 0 Å². The number of nitrogens with two attached hydrogens (primary N) is 1. The van der Waals surface area contributed by atoms with Crippen LogP contribution in [0.1, 0.15) is 32.0 Å². The first-order valence-electron chi connectivity index (χ1n) is 6.24. The highest BCUT2D eigenvalue weighted by atomic mass is 28.4. The molecule has 19 heavy (non-hydrogen) atoms. The van der Waals surface area contributed by atoms with E-state index in [1.54, 1.807) is 12.3 Å². The molecule has 0 aliphatic rings. The molecule has 0 aliphatic heterocycles. The molecule has 0 saturated heterocycles. The molecule has 0 unspecified atom stereocenters. The fourth-order valence-electron chi connectivity index (χ4n) is 1.19. The fraction of sp³-hybridized carbons (Fsp3) is 0.538. The van der Waals surface area contributed by atoms with Crippen LogP contribution in [0.4, 0.5) is 0 Å². The molecule has 1 rings (SSSR count). The summed E-state index contributed by atoms with van der Waals surface area (Å²) >= 11 is 0. The Bertz CT molecular complexity index is 450. The Morgan fingerprint density at radius 2 is 2.05 bits per heavy atom. The number of oxime groups is 1. The van der Waals surface area contributed by atoms with Gasteiger partial charge in [0.25, 0.3) is 0 Å². The first kappa shape index (κ1) is 15.7. The molecule has 0 saturated carbocycles. The van der Waals surface area contributed by atoms with Gasteiger partial charge in [-0.3, -0.25) is 4.98 Å². The summed E-state index contributed by atoms with van der Waals surface area (Å²) in [4.78, 5) is 4.26. The van der Waals surface area contributed by atoms with Crippen LogP contribution in [-0.2, 0) is 11.0 Å². The number of nitrogens with zero attached hydrogens (tertiary/aromatic N) is 2. The normalized spacial score (nSPS) is 13.6. The van der Waals surface area contributed by atoms with Crippen molar-refractivity contribution < 1.29 is 9.63 Å². The van der Waals surface area contributed by atoms with Gasteiger partial charge in [0.05, 0.1) is 12.3 Å². The Hall–Kier alpha value is -1.40. The fourth-order valence-corrected chi connectivity index (χ4v) is 2.13. The molecule has 0 aromatic carbocycles. The lowest BCUT2D eigenvalue weighted by molar-refractivity contribution is 0.272. The number of rotatable bonds is 4. The Morgan fingerprint density at radius 3 is 2.47 bits per heavy atom. The van der Waals surface area contributed by atoms with E-state index in [9.17, 15) is 0 Å². The van der Waals surface area contributed by atoms with E-state index in [1.165, 1.54) is 0 Å². The summed E-state index contributed by atoms with van der Waals surface area (Å²) in [6.45, 7) is 11.5. The third-order valence-electron chi connectivity index (χ3n) is 3.62. The summed E-state index contributed by atoms with van der Waals surface area (Å²) < 4.78 is 6.07.